The second-order valence-corrected chi connectivity index (χ2v) is 4.77. The molecule has 18 heavy (non-hydrogen) atoms. The van der Waals surface area contributed by atoms with Gasteiger partial charge in [0.25, 0.3) is 5.91 Å². The number of carbonyl (C=O) groups excluding carboxylic acids is 1. The Morgan fingerprint density at radius 1 is 1.50 bits per heavy atom. The normalized spacial score (nSPS) is 18.2. The van der Waals surface area contributed by atoms with Gasteiger partial charge in [0.05, 0.1) is 11.7 Å². The van der Waals surface area contributed by atoms with Crippen LogP contribution in [0.4, 0.5) is 5.69 Å². The lowest BCUT2D eigenvalue weighted by Crippen LogP contribution is -2.34. The van der Waals surface area contributed by atoms with Crippen LogP contribution >= 0.6 is 11.6 Å². The summed E-state index contributed by atoms with van der Waals surface area (Å²) < 4.78 is 5.50. The summed E-state index contributed by atoms with van der Waals surface area (Å²) in [4.78, 5) is 13.5. The van der Waals surface area contributed by atoms with E-state index in [9.17, 15) is 4.79 Å². The van der Waals surface area contributed by atoms with Gasteiger partial charge in [0.1, 0.15) is 5.75 Å². The summed E-state index contributed by atoms with van der Waals surface area (Å²) in [6, 6.07) is 6.40. The third-order valence-electron chi connectivity index (χ3n) is 2.96. The van der Waals surface area contributed by atoms with E-state index < -0.39 is 6.10 Å². The van der Waals surface area contributed by atoms with Gasteiger partial charge < -0.3 is 10.1 Å². The monoisotopic (exact) mass is 268 g/mol. The summed E-state index contributed by atoms with van der Waals surface area (Å²) in [7, 11) is 1.97. The molecule has 2 rings (SSSR count). The van der Waals surface area contributed by atoms with Crippen LogP contribution in [0.1, 0.15) is 12.5 Å². The predicted octanol–water partition coefficient (Wildman–Crippen LogP) is 2.08. The topological polar surface area (TPSA) is 41.6 Å². The average Bonchev–Trinajstić information content (AvgIpc) is 2.37. The molecule has 98 valence electrons. The van der Waals surface area contributed by atoms with Crippen molar-refractivity contribution in [1.29, 1.82) is 0 Å². The number of ether oxygens (including phenoxy) is 1. The van der Waals surface area contributed by atoms with Crippen molar-refractivity contribution in [3.05, 3.63) is 23.8 Å². The highest BCUT2D eigenvalue weighted by molar-refractivity contribution is 6.17. The first-order chi connectivity index (χ1) is 8.60. The molecule has 4 nitrogen and oxygen atoms in total. The van der Waals surface area contributed by atoms with Gasteiger partial charge in [0, 0.05) is 6.54 Å². The lowest BCUT2D eigenvalue weighted by Gasteiger charge is -2.24. The van der Waals surface area contributed by atoms with E-state index in [4.69, 9.17) is 16.3 Å². The van der Waals surface area contributed by atoms with Crippen LogP contribution < -0.4 is 10.1 Å². The second kappa shape index (κ2) is 5.59. The Hall–Kier alpha value is -1.26. The molecule has 1 aliphatic heterocycles. The van der Waals surface area contributed by atoms with Crippen LogP contribution in [0.15, 0.2) is 18.2 Å². The standard InChI is InChI=1S/C13H17ClN2O2/c1-9-13(17)15-11-7-10(3-4-12(11)18-9)5-6-16(2)8-14/h3-4,7,9H,5-6,8H2,1-2H3,(H,15,17). The van der Waals surface area contributed by atoms with E-state index in [-0.39, 0.29) is 5.91 Å². The fraction of sp³-hybridized carbons (Fsp3) is 0.462. The predicted molar refractivity (Wildman–Crippen MR) is 72.2 cm³/mol. The number of fused-ring (bicyclic) bond motifs is 1. The second-order valence-electron chi connectivity index (χ2n) is 4.53. The molecule has 1 heterocycles. The van der Waals surface area contributed by atoms with E-state index in [1.165, 1.54) is 0 Å². The molecule has 5 heteroatoms. The summed E-state index contributed by atoms with van der Waals surface area (Å²) in [5.41, 5.74) is 1.91. The van der Waals surface area contributed by atoms with Gasteiger partial charge in [-0.2, -0.15) is 0 Å². The molecule has 1 N–H and O–H groups in total. The van der Waals surface area contributed by atoms with Gasteiger partial charge in [0.15, 0.2) is 6.10 Å². The minimum absolute atomic E-state index is 0.0995. The fourth-order valence-corrected chi connectivity index (χ4v) is 1.91. The van der Waals surface area contributed by atoms with Crippen LogP contribution in [-0.4, -0.2) is 36.5 Å². The van der Waals surface area contributed by atoms with Crippen molar-refractivity contribution in [2.24, 2.45) is 0 Å². The molecule has 0 bridgehead atoms. The van der Waals surface area contributed by atoms with Crippen molar-refractivity contribution >= 4 is 23.2 Å². The van der Waals surface area contributed by atoms with E-state index in [1.807, 2.05) is 30.1 Å². The summed E-state index contributed by atoms with van der Waals surface area (Å²) in [6.45, 7) is 2.62. The molecule has 0 aromatic heterocycles. The Morgan fingerprint density at radius 2 is 2.28 bits per heavy atom. The third kappa shape index (κ3) is 2.94. The first-order valence-electron chi connectivity index (χ1n) is 5.95. The number of rotatable bonds is 4. The van der Waals surface area contributed by atoms with E-state index in [1.54, 1.807) is 6.92 Å². The molecule has 1 aromatic carbocycles. The van der Waals surface area contributed by atoms with Gasteiger partial charge >= 0.3 is 0 Å². The van der Waals surface area contributed by atoms with Crippen molar-refractivity contribution in [1.82, 2.24) is 4.90 Å². The number of halogens is 1. The Balaban J connectivity index is 2.08. The Kier molecular flexibility index (Phi) is 4.09. The molecule has 0 saturated heterocycles. The van der Waals surface area contributed by atoms with E-state index >= 15 is 0 Å². The number of benzene rings is 1. The first kappa shape index (κ1) is 13.2. The maximum atomic E-state index is 11.5. The molecular weight excluding hydrogens is 252 g/mol. The number of hydrogen-bond acceptors (Lipinski definition) is 3. The molecular formula is C13H17ClN2O2. The minimum Gasteiger partial charge on any atom is -0.479 e. The van der Waals surface area contributed by atoms with E-state index in [2.05, 4.69) is 5.32 Å². The molecule has 0 fully saturated rings. The number of likely N-dealkylation sites (N-methyl/N-ethyl adjacent to an activating group) is 1. The maximum Gasteiger partial charge on any atom is 0.265 e. The van der Waals surface area contributed by atoms with Gasteiger partial charge in [-0.05, 0) is 38.1 Å². The van der Waals surface area contributed by atoms with Gasteiger partial charge in [-0.15, -0.1) is 11.6 Å². The maximum absolute atomic E-state index is 11.5. The van der Waals surface area contributed by atoms with Gasteiger partial charge in [-0.3, -0.25) is 9.69 Å². The highest BCUT2D eigenvalue weighted by atomic mass is 35.5. The van der Waals surface area contributed by atoms with Crippen molar-refractivity contribution in [2.45, 2.75) is 19.4 Å². The third-order valence-corrected chi connectivity index (χ3v) is 3.37. The zero-order valence-electron chi connectivity index (χ0n) is 10.6. The van der Waals surface area contributed by atoms with Crippen molar-refractivity contribution in [2.75, 3.05) is 24.9 Å². The summed E-state index contributed by atoms with van der Waals surface area (Å²) >= 11 is 5.72. The number of amides is 1. The van der Waals surface area contributed by atoms with Crippen LogP contribution in [-0.2, 0) is 11.2 Å². The molecule has 0 spiro atoms. The summed E-state index contributed by atoms with van der Waals surface area (Å²) in [6.07, 6.45) is 0.466. The summed E-state index contributed by atoms with van der Waals surface area (Å²) in [5, 5.41) is 2.85. The van der Waals surface area contributed by atoms with Crippen molar-refractivity contribution < 1.29 is 9.53 Å². The zero-order chi connectivity index (χ0) is 13.1. The van der Waals surface area contributed by atoms with Crippen LogP contribution in [0.5, 0.6) is 5.75 Å². The van der Waals surface area contributed by atoms with Gasteiger partial charge in [-0.25, -0.2) is 0 Å². The van der Waals surface area contributed by atoms with Gasteiger partial charge in [0.2, 0.25) is 0 Å². The summed E-state index contributed by atoms with van der Waals surface area (Å²) in [5.74, 6) is 0.633. The minimum atomic E-state index is -0.425. The molecule has 0 radical (unpaired) electrons. The van der Waals surface area contributed by atoms with Crippen molar-refractivity contribution in [3.63, 3.8) is 0 Å². The van der Waals surface area contributed by atoms with Gasteiger partial charge in [-0.1, -0.05) is 6.07 Å². The molecule has 1 unspecified atom stereocenters. The van der Waals surface area contributed by atoms with E-state index in [0.29, 0.717) is 6.00 Å². The average molecular weight is 269 g/mol. The first-order valence-corrected chi connectivity index (χ1v) is 6.48. The van der Waals surface area contributed by atoms with Crippen molar-refractivity contribution in [3.8, 4) is 5.75 Å². The number of anilines is 1. The Bertz CT molecular complexity index is 451. The molecule has 0 saturated carbocycles. The fourth-order valence-electron chi connectivity index (χ4n) is 1.79. The zero-order valence-corrected chi connectivity index (χ0v) is 11.3. The molecule has 0 aliphatic carbocycles. The Labute approximate surface area is 112 Å². The van der Waals surface area contributed by atoms with Crippen LogP contribution in [0.2, 0.25) is 0 Å². The highest BCUT2D eigenvalue weighted by Gasteiger charge is 2.23. The molecule has 1 amide bonds. The Morgan fingerprint density at radius 3 is 3.00 bits per heavy atom. The SMILES string of the molecule is CC1Oc2ccc(CCN(C)CCl)cc2NC1=O. The number of carbonyl (C=O) groups is 1. The number of nitrogens with one attached hydrogen (secondary N) is 1. The highest BCUT2D eigenvalue weighted by Crippen LogP contribution is 2.30. The van der Waals surface area contributed by atoms with Crippen LogP contribution in [0.25, 0.3) is 0 Å². The lowest BCUT2D eigenvalue weighted by atomic mass is 10.1. The van der Waals surface area contributed by atoms with E-state index in [0.717, 1.165) is 30.0 Å². The van der Waals surface area contributed by atoms with Crippen LogP contribution in [0, 0.1) is 0 Å². The number of hydrogen-bond donors (Lipinski definition) is 1. The molecule has 1 aromatic rings. The lowest BCUT2D eigenvalue weighted by molar-refractivity contribution is -0.122. The smallest absolute Gasteiger partial charge is 0.265 e. The number of nitrogens with zero attached hydrogens (tertiary/aromatic N) is 1. The largest absolute Gasteiger partial charge is 0.479 e. The number of alkyl halides is 1. The molecule has 1 aliphatic rings. The van der Waals surface area contributed by atoms with Crippen LogP contribution in [0.3, 0.4) is 0 Å². The molecule has 1 atom stereocenters. The quantitative estimate of drug-likeness (QED) is 0.671.